The van der Waals surface area contributed by atoms with Crippen LogP contribution >= 0.6 is 0 Å². The lowest BCUT2D eigenvalue weighted by Crippen LogP contribution is -2.17. The maximum Gasteiger partial charge on any atom is 0.337 e. The fourth-order valence-corrected chi connectivity index (χ4v) is 2.52. The Kier molecular flexibility index (Phi) is 5.10. The summed E-state index contributed by atoms with van der Waals surface area (Å²) in [6.07, 6.45) is 8.85. The molecule has 0 bridgehead atoms. The van der Waals surface area contributed by atoms with E-state index >= 15 is 0 Å². The van der Waals surface area contributed by atoms with Gasteiger partial charge in [-0.05, 0) is 37.0 Å². The van der Waals surface area contributed by atoms with Crippen molar-refractivity contribution in [3.8, 4) is 0 Å². The highest BCUT2D eigenvalue weighted by Crippen LogP contribution is 2.24. The van der Waals surface area contributed by atoms with Crippen LogP contribution in [0, 0.1) is 5.92 Å². The second-order valence-corrected chi connectivity index (χ2v) is 5.16. The molecule has 1 aliphatic carbocycles. The summed E-state index contributed by atoms with van der Waals surface area (Å²) in [5, 5.41) is 0. The van der Waals surface area contributed by atoms with Crippen molar-refractivity contribution < 1.29 is 14.3 Å². The predicted molar refractivity (Wildman–Crippen MR) is 78.4 cm³/mol. The fourth-order valence-electron chi connectivity index (χ4n) is 2.52. The first-order chi connectivity index (χ1) is 9.70. The minimum Gasteiger partial charge on any atom is -0.465 e. The van der Waals surface area contributed by atoms with Crippen LogP contribution in [0.4, 0.5) is 0 Å². The number of ether oxygens (including phenoxy) is 1. The van der Waals surface area contributed by atoms with E-state index in [2.05, 4.69) is 10.8 Å². The third-order valence-electron chi connectivity index (χ3n) is 3.74. The molecule has 0 unspecified atom stereocenters. The van der Waals surface area contributed by atoms with E-state index in [0.717, 1.165) is 37.7 Å². The Bertz CT molecular complexity index is 499. The zero-order chi connectivity index (χ0) is 14.4. The van der Waals surface area contributed by atoms with Crippen LogP contribution in [0.25, 0.3) is 6.08 Å². The molecule has 3 heteroatoms. The number of Topliss-reactive ketones (excluding diaryl/α,β-unsaturated/α-hetero) is 1. The van der Waals surface area contributed by atoms with Gasteiger partial charge in [-0.2, -0.15) is 0 Å². The molecule has 0 radical (unpaired) electrons. The maximum atomic E-state index is 11.7. The third-order valence-corrected chi connectivity index (χ3v) is 3.74. The molecule has 0 spiro atoms. The van der Waals surface area contributed by atoms with Crippen LogP contribution in [0.5, 0.6) is 0 Å². The van der Waals surface area contributed by atoms with Crippen molar-refractivity contribution >= 4 is 17.8 Å². The molecule has 0 amide bonds. The average molecular weight is 272 g/mol. The lowest BCUT2D eigenvalue weighted by atomic mass is 9.85. The number of esters is 1. The highest BCUT2D eigenvalue weighted by Gasteiger charge is 2.20. The normalized spacial score (nSPS) is 19.2. The van der Waals surface area contributed by atoms with Crippen molar-refractivity contribution in [1.82, 2.24) is 0 Å². The quantitative estimate of drug-likeness (QED) is 0.786. The third kappa shape index (κ3) is 3.80. The zero-order valence-corrected chi connectivity index (χ0v) is 11.8. The molecule has 0 saturated heterocycles. The van der Waals surface area contributed by atoms with E-state index in [0.29, 0.717) is 11.3 Å². The molecule has 3 nitrogen and oxygen atoms in total. The number of methoxy groups -OCH3 is 1. The molecule has 1 aliphatic rings. The molecule has 1 saturated carbocycles. The lowest BCUT2D eigenvalue weighted by Gasteiger charge is -2.18. The largest absolute Gasteiger partial charge is 0.465 e. The van der Waals surface area contributed by atoms with Crippen molar-refractivity contribution in [2.45, 2.75) is 32.1 Å². The van der Waals surface area contributed by atoms with E-state index in [1.54, 1.807) is 12.1 Å². The molecule has 1 fully saturated rings. The predicted octanol–water partition coefficient (Wildman–Crippen LogP) is 3.64. The topological polar surface area (TPSA) is 43.4 Å². The SMILES string of the molecule is COC(=O)c1ccc(/C=C/C[C@H]2CCCCC2=O)cc1. The number of allylic oxidation sites excluding steroid dienone is 1. The summed E-state index contributed by atoms with van der Waals surface area (Å²) in [7, 11) is 1.37. The van der Waals surface area contributed by atoms with Gasteiger partial charge in [0.2, 0.25) is 0 Å². The monoisotopic (exact) mass is 272 g/mol. The molecular weight excluding hydrogens is 252 g/mol. The summed E-state index contributed by atoms with van der Waals surface area (Å²) in [6, 6.07) is 7.26. The molecule has 0 aromatic heterocycles. The van der Waals surface area contributed by atoms with Crippen LogP contribution in [-0.2, 0) is 9.53 Å². The molecular formula is C17H20O3. The number of carbonyl (C=O) groups excluding carboxylic acids is 2. The Morgan fingerprint density at radius 3 is 2.70 bits per heavy atom. The van der Waals surface area contributed by atoms with E-state index < -0.39 is 0 Å². The van der Waals surface area contributed by atoms with Gasteiger partial charge in [0.05, 0.1) is 12.7 Å². The first kappa shape index (κ1) is 14.5. The average Bonchev–Trinajstić information content (AvgIpc) is 2.49. The molecule has 0 aliphatic heterocycles. The number of ketones is 1. The summed E-state index contributed by atoms with van der Waals surface area (Å²) in [6.45, 7) is 0. The van der Waals surface area contributed by atoms with Crippen molar-refractivity contribution in [2.24, 2.45) is 5.92 Å². The van der Waals surface area contributed by atoms with E-state index in [1.807, 2.05) is 18.2 Å². The van der Waals surface area contributed by atoms with Gasteiger partial charge in [-0.15, -0.1) is 0 Å². The van der Waals surface area contributed by atoms with E-state index in [1.165, 1.54) is 7.11 Å². The molecule has 1 aromatic rings. The molecule has 1 atom stereocenters. The van der Waals surface area contributed by atoms with E-state index in [4.69, 9.17) is 0 Å². The van der Waals surface area contributed by atoms with Crippen LogP contribution in [0.1, 0.15) is 48.0 Å². The van der Waals surface area contributed by atoms with Crippen molar-refractivity contribution in [3.63, 3.8) is 0 Å². The second kappa shape index (κ2) is 7.04. The zero-order valence-electron chi connectivity index (χ0n) is 11.8. The molecule has 2 rings (SSSR count). The van der Waals surface area contributed by atoms with Crippen molar-refractivity contribution in [1.29, 1.82) is 0 Å². The van der Waals surface area contributed by atoms with Gasteiger partial charge < -0.3 is 4.74 Å². The summed E-state index contributed by atoms with van der Waals surface area (Å²) < 4.78 is 4.65. The Balaban J connectivity index is 1.91. The molecule has 106 valence electrons. The van der Waals surface area contributed by atoms with E-state index in [9.17, 15) is 9.59 Å². The van der Waals surface area contributed by atoms with Crippen LogP contribution in [-0.4, -0.2) is 18.9 Å². The first-order valence-corrected chi connectivity index (χ1v) is 7.08. The fraction of sp³-hybridized carbons (Fsp3) is 0.412. The minimum absolute atomic E-state index is 0.203. The Hall–Kier alpha value is -1.90. The maximum absolute atomic E-state index is 11.7. The first-order valence-electron chi connectivity index (χ1n) is 7.08. The summed E-state index contributed by atoms with van der Waals surface area (Å²) in [4.78, 5) is 23.0. The number of hydrogen-bond donors (Lipinski definition) is 0. The van der Waals surface area contributed by atoms with Crippen molar-refractivity contribution in [2.75, 3.05) is 7.11 Å². The molecule has 0 heterocycles. The summed E-state index contributed by atoms with van der Waals surface area (Å²) in [5.74, 6) is 0.282. The Morgan fingerprint density at radius 1 is 1.30 bits per heavy atom. The van der Waals surface area contributed by atoms with Crippen LogP contribution in [0.2, 0.25) is 0 Å². The van der Waals surface area contributed by atoms with Crippen molar-refractivity contribution in [3.05, 3.63) is 41.5 Å². The standard InChI is InChI=1S/C17H20O3/c1-20-17(19)15-11-9-13(10-12-15)5-4-7-14-6-2-3-8-16(14)18/h4-5,9-12,14H,2-3,6-8H2,1H3/b5-4+/t14-/m1/s1. The number of benzene rings is 1. The summed E-state index contributed by atoms with van der Waals surface area (Å²) in [5.41, 5.74) is 1.58. The van der Waals surface area contributed by atoms with Gasteiger partial charge in [0.15, 0.2) is 0 Å². The lowest BCUT2D eigenvalue weighted by molar-refractivity contribution is -0.124. The number of hydrogen-bond acceptors (Lipinski definition) is 3. The number of carbonyl (C=O) groups is 2. The van der Waals surface area contributed by atoms with Crippen LogP contribution in [0.15, 0.2) is 30.3 Å². The highest BCUT2D eigenvalue weighted by molar-refractivity contribution is 5.89. The van der Waals surface area contributed by atoms with Gasteiger partial charge in [-0.3, -0.25) is 4.79 Å². The van der Waals surface area contributed by atoms with Gasteiger partial charge in [-0.25, -0.2) is 4.79 Å². The Labute approximate surface area is 119 Å². The van der Waals surface area contributed by atoms with Gasteiger partial charge in [0.1, 0.15) is 5.78 Å². The minimum atomic E-state index is -0.326. The number of rotatable bonds is 4. The smallest absolute Gasteiger partial charge is 0.337 e. The second-order valence-electron chi connectivity index (χ2n) is 5.16. The van der Waals surface area contributed by atoms with Gasteiger partial charge >= 0.3 is 5.97 Å². The van der Waals surface area contributed by atoms with E-state index in [-0.39, 0.29) is 11.9 Å². The molecule has 0 N–H and O–H groups in total. The van der Waals surface area contributed by atoms with Gasteiger partial charge in [0, 0.05) is 12.3 Å². The summed E-state index contributed by atoms with van der Waals surface area (Å²) >= 11 is 0. The van der Waals surface area contributed by atoms with Gasteiger partial charge in [0.25, 0.3) is 0 Å². The Morgan fingerprint density at radius 2 is 2.05 bits per heavy atom. The van der Waals surface area contributed by atoms with Crippen LogP contribution in [0.3, 0.4) is 0 Å². The highest BCUT2D eigenvalue weighted by atomic mass is 16.5. The molecule has 1 aromatic carbocycles. The van der Waals surface area contributed by atoms with Crippen LogP contribution < -0.4 is 0 Å². The molecule has 20 heavy (non-hydrogen) atoms. The van der Waals surface area contributed by atoms with Gasteiger partial charge in [-0.1, -0.05) is 30.7 Å².